The maximum Gasteiger partial charge on any atom is 0.476 e. The number of nitro benzene ring substituents is 1. The molecule has 20 heavy (non-hydrogen) atoms. The van der Waals surface area contributed by atoms with Crippen LogP contribution >= 0.6 is 18.2 Å². The highest BCUT2D eigenvalue weighted by Gasteiger charge is 2.22. The zero-order valence-corrected chi connectivity index (χ0v) is 12.8. The Morgan fingerprint density at radius 2 is 1.90 bits per heavy atom. The molecule has 0 aromatic heterocycles. The fraction of sp³-hybridized carbons (Fsp3) is 0.500. The van der Waals surface area contributed by atoms with E-state index in [0.29, 0.717) is 0 Å². The zero-order chi connectivity index (χ0) is 15.0. The Bertz CT molecular complexity index is 479. The van der Waals surface area contributed by atoms with Crippen molar-refractivity contribution < 1.29 is 18.5 Å². The molecule has 1 rings (SSSR count). The number of benzene rings is 1. The van der Waals surface area contributed by atoms with Crippen LogP contribution in [-0.2, 0) is 9.09 Å². The number of rotatable bonds is 9. The van der Waals surface area contributed by atoms with Gasteiger partial charge < -0.3 is 4.52 Å². The van der Waals surface area contributed by atoms with Crippen LogP contribution in [0, 0.1) is 10.1 Å². The monoisotopic (exact) mass is 321 g/mol. The number of non-ortho nitro benzene ring substituents is 1. The van der Waals surface area contributed by atoms with Crippen LogP contribution in [0.2, 0.25) is 0 Å². The molecule has 0 fully saturated rings. The summed E-state index contributed by atoms with van der Waals surface area (Å²) >= 11 is 5.66. The molecule has 1 aromatic carbocycles. The van der Waals surface area contributed by atoms with Crippen molar-refractivity contribution in [3.8, 4) is 5.75 Å². The molecule has 0 saturated carbocycles. The number of hydrogen-bond donors (Lipinski definition) is 0. The normalized spacial score (nSPS) is 13.7. The molecule has 1 unspecified atom stereocenters. The molecule has 0 saturated heterocycles. The summed E-state index contributed by atoms with van der Waals surface area (Å²) in [5.41, 5.74) is -0.0813. The second-order valence-corrected chi connectivity index (χ2v) is 6.71. The van der Waals surface area contributed by atoms with Gasteiger partial charge in [-0.25, -0.2) is 4.57 Å². The second kappa shape index (κ2) is 8.25. The molecule has 1 atom stereocenters. The highest BCUT2D eigenvalue weighted by molar-refractivity contribution is 7.81. The quantitative estimate of drug-likeness (QED) is 0.279. The summed E-state index contributed by atoms with van der Waals surface area (Å²) in [6.45, 7) is -1.35. The molecular weight excluding hydrogens is 305 g/mol. The molecule has 0 aliphatic heterocycles. The Labute approximate surface area is 122 Å². The van der Waals surface area contributed by atoms with E-state index in [9.17, 15) is 14.7 Å². The molecule has 0 aliphatic rings. The fourth-order valence-corrected chi connectivity index (χ4v) is 2.70. The average molecular weight is 322 g/mol. The van der Waals surface area contributed by atoms with E-state index in [-0.39, 0.29) is 18.0 Å². The maximum atomic E-state index is 11.8. The van der Waals surface area contributed by atoms with Gasteiger partial charge in [0, 0.05) is 23.4 Å². The van der Waals surface area contributed by atoms with Gasteiger partial charge in [0.1, 0.15) is 5.75 Å². The Balaban J connectivity index is 2.44. The number of hydrogen-bond acceptors (Lipinski definition) is 5. The van der Waals surface area contributed by atoms with Gasteiger partial charge in [-0.05, 0) is 18.6 Å². The van der Waals surface area contributed by atoms with Crippen LogP contribution in [0.3, 0.4) is 0 Å². The maximum absolute atomic E-state index is 11.8. The Hall–Kier alpha value is -1.10. The van der Waals surface area contributed by atoms with Crippen molar-refractivity contribution in [3.63, 3.8) is 0 Å². The molecule has 1 aromatic rings. The lowest BCUT2D eigenvalue weighted by Crippen LogP contribution is -1.96. The van der Waals surface area contributed by atoms with E-state index in [1.807, 2.05) is 0 Å². The third-order valence-corrected chi connectivity index (χ3v) is 3.93. The molecule has 0 N–H and O–H groups in total. The fourth-order valence-electron chi connectivity index (χ4n) is 1.48. The van der Waals surface area contributed by atoms with Crippen LogP contribution in [-0.4, -0.2) is 11.5 Å². The smallest absolute Gasteiger partial charge is 0.413 e. The zero-order valence-electron chi connectivity index (χ0n) is 11.2. The third-order valence-electron chi connectivity index (χ3n) is 2.51. The summed E-state index contributed by atoms with van der Waals surface area (Å²) in [5, 5.41) is 10.5. The molecule has 6 nitrogen and oxygen atoms in total. The number of unbranched alkanes of at least 4 members (excludes halogenated alkanes) is 3. The second-order valence-electron chi connectivity index (χ2n) is 4.17. The molecule has 0 spiro atoms. The lowest BCUT2D eigenvalue weighted by atomic mass is 10.2. The SMILES string of the molecule is CCCCCCOP(=O)(Cl)Oc1ccc([N+](=O)[O-])cc1. The Morgan fingerprint density at radius 3 is 2.45 bits per heavy atom. The minimum Gasteiger partial charge on any atom is -0.413 e. The molecule has 0 amide bonds. The largest absolute Gasteiger partial charge is 0.476 e. The summed E-state index contributed by atoms with van der Waals surface area (Å²) in [4.78, 5) is 9.95. The van der Waals surface area contributed by atoms with E-state index < -0.39 is 11.9 Å². The molecule has 0 bridgehead atoms. The first-order valence-electron chi connectivity index (χ1n) is 6.33. The third kappa shape index (κ3) is 6.37. The van der Waals surface area contributed by atoms with Gasteiger partial charge in [0.05, 0.1) is 11.5 Å². The molecule has 112 valence electrons. The summed E-state index contributed by atoms with van der Waals surface area (Å²) in [6, 6.07) is 5.14. The van der Waals surface area contributed by atoms with Crippen molar-refractivity contribution in [2.75, 3.05) is 6.61 Å². The van der Waals surface area contributed by atoms with Crippen LogP contribution in [0.15, 0.2) is 24.3 Å². The molecule has 0 radical (unpaired) electrons. The predicted octanol–water partition coefficient (Wildman–Crippen LogP) is 4.92. The lowest BCUT2D eigenvalue weighted by molar-refractivity contribution is -0.384. The van der Waals surface area contributed by atoms with Gasteiger partial charge >= 0.3 is 6.95 Å². The van der Waals surface area contributed by atoms with E-state index in [4.69, 9.17) is 20.3 Å². The Morgan fingerprint density at radius 1 is 1.25 bits per heavy atom. The Kier molecular flexibility index (Phi) is 6.99. The molecular formula is C12H17ClNO5P. The van der Waals surface area contributed by atoms with Crippen molar-refractivity contribution in [3.05, 3.63) is 34.4 Å². The standard InChI is InChI=1S/C12H17ClNO5P/c1-2-3-4-5-10-18-20(13,17)19-12-8-6-11(7-9-12)14(15)16/h6-9H,2-5,10H2,1H3. The average Bonchev–Trinajstić information content (AvgIpc) is 2.38. The van der Waals surface area contributed by atoms with Gasteiger partial charge in [0.2, 0.25) is 0 Å². The molecule has 8 heteroatoms. The van der Waals surface area contributed by atoms with Gasteiger partial charge in [-0.2, -0.15) is 0 Å². The van der Waals surface area contributed by atoms with Crippen LogP contribution in [0.4, 0.5) is 5.69 Å². The van der Waals surface area contributed by atoms with Crippen molar-refractivity contribution in [2.45, 2.75) is 32.6 Å². The van der Waals surface area contributed by atoms with E-state index in [2.05, 4.69) is 6.92 Å². The predicted molar refractivity (Wildman–Crippen MR) is 77.3 cm³/mol. The van der Waals surface area contributed by atoms with Gasteiger partial charge in [-0.15, -0.1) is 0 Å². The van der Waals surface area contributed by atoms with Crippen LogP contribution in [0.1, 0.15) is 32.6 Å². The van der Waals surface area contributed by atoms with Gasteiger partial charge in [0.15, 0.2) is 0 Å². The van der Waals surface area contributed by atoms with Crippen LogP contribution in [0.5, 0.6) is 5.75 Å². The van der Waals surface area contributed by atoms with E-state index in [1.165, 1.54) is 24.3 Å². The van der Waals surface area contributed by atoms with Crippen molar-refractivity contribution in [1.82, 2.24) is 0 Å². The van der Waals surface area contributed by atoms with Crippen molar-refractivity contribution in [1.29, 1.82) is 0 Å². The van der Waals surface area contributed by atoms with Gasteiger partial charge in [-0.3, -0.25) is 14.6 Å². The minimum atomic E-state index is -3.70. The van der Waals surface area contributed by atoms with Crippen molar-refractivity contribution >= 4 is 23.9 Å². The summed E-state index contributed by atoms with van der Waals surface area (Å²) in [7, 11) is 0. The molecule has 0 aliphatic carbocycles. The van der Waals surface area contributed by atoms with Crippen LogP contribution < -0.4 is 4.52 Å². The number of nitro groups is 1. The number of nitrogens with zero attached hydrogens (tertiary/aromatic N) is 1. The highest BCUT2D eigenvalue weighted by Crippen LogP contribution is 2.53. The van der Waals surface area contributed by atoms with E-state index in [0.717, 1.165) is 25.7 Å². The summed E-state index contributed by atoms with van der Waals surface area (Å²) < 4.78 is 21.9. The lowest BCUT2D eigenvalue weighted by Gasteiger charge is -2.12. The topological polar surface area (TPSA) is 78.7 Å². The van der Waals surface area contributed by atoms with Gasteiger partial charge in [-0.1, -0.05) is 26.2 Å². The minimum absolute atomic E-state index is 0.0813. The molecule has 0 heterocycles. The summed E-state index contributed by atoms with van der Waals surface area (Å²) in [5.74, 6) is 0.169. The highest BCUT2D eigenvalue weighted by atomic mass is 35.7. The number of halogens is 1. The first kappa shape index (κ1) is 17.0. The first-order chi connectivity index (χ1) is 9.44. The van der Waals surface area contributed by atoms with Crippen LogP contribution in [0.25, 0.3) is 0 Å². The van der Waals surface area contributed by atoms with E-state index >= 15 is 0 Å². The van der Waals surface area contributed by atoms with Gasteiger partial charge in [0.25, 0.3) is 5.69 Å². The van der Waals surface area contributed by atoms with E-state index in [1.54, 1.807) is 0 Å². The van der Waals surface area contributed by atoms with Crippen molar-refractivity contribution in [2.24, 2.45) is 0 Å². The first-order valence-corrected chi connectivity index (χ1v) is 8.77. The summed E-state index contributed by atoms with van der Waals surface area (Å²) in [6.07, 6.45) is 3.91.